The Balaban J connectivity index is 1.40. The number of esters is 1. The van der Waals surface area contributed by atoms with Crippen LogP contribution in [0.15, 0.2) is 24.3 Å². The van der Waals surface area contributed by atoms with E-state index >= 15 is 0 Å². The van der Waals surface area contributed by atoms with Gasteiger partial charge >= 0.3 is 5.97 Å². The average Bonchev–Trinajstić information content (AvgIpc) is 3.24. The van der Waals surface area contributed by atoms with Crippen molar-refractivity contribution in [3.8, 4) is 0 Å². The number of carbonyl (C=O) groups excluding carboxylic acids is 3. The lowest BCUT2D eigenvalue weighted by Gasteiger charge is -2.21. The number of likely N-dealkylation sites (N-methyl/N-ethyl adjacent to an activating group) is 1. The molecule has 3 rings (SSSR count). The average molecular weight is 358 g/mol. The van der Waals surface area contributed by atoms with Crippen molar-refractivity contribution >= 4 is 23.5 Å². The molecule has 0 aliphatic heterocycles. The van der Waals surface area contributed by atoms with E-state index < -0.39 is 0 Å². The second-order valence-electron chi connectivity index (χ2n) is 7.55. The molecular weight excluding hydrogens is 332 g/mol. The van der Waals surface area contributed by atoms with Gasteiger partial charge in [-0.05, 0) is 50.2 Å². The highest BCUT2D eigenvalue weighted by molar-refractivity contribution is 5.94. The van der Waals surface area contributed by atoms with Crippen molar-refractivity contribution < 1.29 is 19.1 Å². The van der Waals surface area contributed by atoms with Crippen molar-refractivity contribution in [2.24, 2.45) is 17.8 Å². The van der Waals surface area contributed by atoms with E-state index in [1.54, 1.807) is 0 Å². The van der Waals surface area contributed by atoms with Crippen LogP contribution in [-0.2, 0) is 19.1 Å². The third kappa shape index (κ3) is 4.42. The normalized spacial score (nSPS) is 23.5. The molecule has 2 bridgehead atoms. The summed E-state index contributed by atoms with van der Waals surface area (Å²) in [7, 11) is 1.53. The van der Waals surface area contributed by atoms with Gasteiger partial charge in [0.25, 0.3) is 5.91 Å². The zero-order chi connectivity index (χ0) is 18.7. The summed E-state index contributed by atoms with van der Waals surface area (Å²) in [6.07, 6.45) is 4.32. The molecule has 2 aliphatic carbocycles. The van der Waals surface area contributed by atoms with E-state index in [1.165, 1.54) is 18.4 Å². The number of amides is 2. The summed E-state index contributed by atoms with van der Waals surface area (Å²) in [5.41, 5.74) is 1.79. The van der Waals surface area contributed by atoms with Crippen LogP contribution in [0.3, 0.4) is 0 Å². The first-order valence-electron chi connectivity index (χ1n) is 9.19. The molecule has 1 aromatic rings. The number of nitrogens with zero attached hydrogens (tertiary/aromatic N) is 1. The second kappa shape index (κ2) is 7.89. The lowest BCUT2D eigenvalue weighted by molar-refractivity contribution is -0.156. The van der Waals surface area contributed by atoms with Crippen LogP contribution < -0.4 is 5.32 Å². The standard InChI is InChI=1S/C20H26N2O4/c1-13-3-7-16(8-4-13)21-18(23)11-22(2)19(24)12-26-20(25)17-10-14-5-6-15(17)9-14/h3-4,7-8,14-15,17H,5-6,9-12H2,1-2H3,(H,21,23). The zero-order valence-electron chi connectivity index (χ0n) is 15.4. The molecule has 26 heavy (non-hydrogen) atoms. The lowest BCUT2D eigenvalue weighted by atomic mass is 9.89. The minimum absolute atomic E-state index is 0.0447. The number of nitrogens with one attached hydrogen (secondary N) is 1. The van der Waals surface area contributed by atoms with Gasteiger partial charge in [-0.15, -0.1) is 0 Å². The van der Waals surface area contributed by atoms with Gasteiger partial charge < -0.3 is 15.0 Å². The van der Waals surface area contributed by atoms with E-state index in [1.807, 2.05) is 31.2 Å². The number of carbonyl (C=O) groups is 3. The summed E-state index contributed by atoms with van der Waals surface area (Å²) in [4.78, 5) is 37.6. The fourth-order valence-electron chi connectivity index (χ4n) is 4.02. The highest BCUT2D eigenvalue weighted by atomic mass is 16.5. The topological polar surface area (TPSA) is 75.7 Å². The Labute approximate surface area is 153 Å². The van der Waals surface area contributed by atoms with E-state index in [2.05, 4.69) is 5.32 Å². The largest absolute Gasteiger partial charge is 0.455 e. The maximum absolute atomic E-state index is 12.2. The van der Waals surface area contributed by atoms with E-state index in [0.717, 1.165) is 24.8 Å². The second-order valence-corrected chi connectivity index (χ2v) is 7.55. The van der Waals surface area contributed by atoms with Gasteiger partial charge in [-0.3, -0.25) is 14.4 Å². The first kappa shape index (κ1) is 18.4. The van der Waals surface area contributed by atoms with Gasteiger partial charge in [-0.25, -0.2) is 0 Å². The van der Waals surface area contributed by atoms with Gasteiger partial charge in [0.05, 0.1) is 12.5 Å². The van der Waals surface area contributed by atoms with Crippen molar-refractivity contribution in [1.82, 2.24) is 4.90 Å². The van der Waals surface area contributed by atoms with Crippen LogP contribution in [0, 0.1) is 24.7 Å². The fourth-order valence-corrected chi connectivity index (χ4v) is 4.02. The minimum atomic E-state index is -0.374. The number of anilines is 1. The number of hydrogen-bond donors (Lipinski definition) is 1. The molecule has 1 N–H and O–H groups in total. The van der Waals surface area contributed by atoms with Crippen molar-refractivity contribution in [2.45, 2.75) is 32.6 Å². The molecule has 2 amide bonds. The van der Waals surface area contributed by atoms with Crippen LogP contribution in [-0.4, -0.2) is 42.9 Å². The van der Waals surface area contributed by atoms with Crippen molar-refractivity contribution in [3.63, 3.8) is 0 Å². The molecule has 0 spiro atoms. The summed E-state index contributed by atoms with van der Waals surface area (Å²) in [6.45, 7) is 1.58. The smallest absolute Gasteiger partial charge is 0.309 e. The molecule has 2 fully saturated rings. The third-order valence-corrected chi connectivity index (χ3v) is 5.52. The number of aryl methyl sites for hydroxylation is 1. The van der Waals surface area contributed by atoms with Crippen molar-refractivity contribution in [1.29, 1.82) is 0 Å². The van der Waals surface area contributed by atoms with Gasteiger partial charge in [0, 0.05) is 12.7 Å². The predicted molar refractivity (Wildman–Crippen MR) is 97.3 cm³/mol. The molecule has 2 saturated carbocycles. The zero-order valence-corrected chi connectivity index (χ0v) is 15.4. The quantitative estimate of drug-likeness (QED) is 0.792. The molecular formula is C20H26N2O4. The first-order chi connectivity index (χ1) is 12.4. The van der Waals surface area contributed by atoms with Crippen LogP contribution in [0.25, 0.3) is 0 Å². The van der Waals surface area contributed by atoms with E-state index in [9.17, 15) is 14.4 Å². The van der Waals surface area contributed by atoms with Crippen molar-refractivity contribution in [2.75, 3.05) is 25.5 Å². The van der Waals surface area contributed by atoms with Crippen LogP contribution in [0.1, 0.15) is 31.2 Å². The molecule has 140 valence electrons. The molecule has 3 unspecified atom stereocenters. The molecule has 0 saturated heterocycles. The molecule has 6 heteroatoms. The van der Waals surface area contributed by atoms with Gasteiger partial charge in [0.2, 0.25) is 5.91 Å². The Morgan fingerprint density at radius 1 is 1.15 bits per heavy atom. The van der Waals surface area contributed by atoms with Gasteiger partial charge in [-0.2, -0.15) is 0 Å². The Morgan fingerprint density at radius 2 is 1.88 bits per heavy atom. The molecule has 0 aromatic heterocycles. The molecule has 2 aliphatic rings. The monoisotopic (exact) mass is 358 g/mol. The number of fused-ring (bicyclic) bond motifs is 2. The number of rotatable bonds is 6. The van der Waals surface area contributed by atoms with E-state index in [4.69, 9.17) is 4.74 Å². The van der Waals surface area contributed by atoms with Crippen LogP contribution in [0.2, 0.25) is 0 Å². The van der Waals surface area contributed by atoms with Crippen LogP contribution >= 0.6 is 0 Å². The Morgan fingerprint density at radius 3 is 2.50 bits per heavy atom. The molecule has 0 heterocycles. The highest BCUT2D eigenvalue weighted by Crippen LogP contribution is 2.48. The Kier molecular flexibility index (Phi) is 5.59. The van der Waals surface area contributed by atoms with Crippen molar-refractivity contribution in [3.05, 3.63) is 29.8 Å². The highest BCUT2D eigenvalue weighted by Gasteiger charge is 2.44. The summed E-state index contributed by atoms with van der Waals surface area (Å²) in [5.74, 6) is 0.117. The summed E-state index contributed by atoms with van der Waals surface area (Å²) >= 11 is 0. The fraction of sp³-hybridized carbons (Fsp3) is 0.550. The Hall–Kier alpha value is -2.37. The van der Waals surface area contributed by atoms with Crippen LogP contribution in [0.4, 0.5) is 5.69 Å². The minimum Gasteiger partial charge on any atom is -0.455 e. The SMILES string of the molecule is Cc1ccc(NC(=O)CN(C)C(=O)COC(=O)C2CC3CCC2C3)cc1. The van der Waals surface area contributed by atoms with E-state index in [-0.39, 0.29) is 36.9 Å². The summed E-state index contributed by atoms with van der Waals surface area (Å²) in [6, 6.07) is 7.43. The number of hydrogen-bond acceptors (Lipinski definition) is 4. The molecule has 0 radical (unpaired) electrons. The van der Waals surface area contributed by atoms with Crippen LogP contribution in [0.5, 0.6) is 0 Å². The number of benzene rings is 1. The molecule has 6 nitrogen and oxygen atoms in total. The predicted octanol–water partition coefficient (Wildman–Crippen LogP) is 2.37. The van der Waals surface area contributed by atoms with Gasteiger partial charge in [0.15, 0.2) is 6.61 Å². The third-order valence-electron chi connectivity index (χ3n) is 5.52. The maximum atomic E-state index is 12.2. The Bertz CT molecular complexity index is 686. The van der Waals surface area contributed by atoms with E-state index in [0.29, 0.717) is 17.5 Å². The van der Waals surface area contributed by atoms with Gasteiger partial charge in [-0.1, -0.05) is 24.1 Å². The van der Waals surface area contributed by atoms with Gasteiger partial charge in [0.1, 0.15) is 0 Å². The number of ether oxygens (including phenoxy) is 1. The first-order valence-corrected chi connectivity index (χ1v) is 9.19. The summed E-state index contributed by atoms with van der Waals surface area (Å²) < 4.78 is 5.21. The molecule has 3 atom stereocenters. The molecule has 1 aromatic carbocycles. The maximum Gasteiger partial charge on any atom is 0.309 e. The lowest BCUT2D eigenvalue weighted by Crippen LogP contribution is -2.38. The summed E-state index contributed by atoms with van der Waals surface area (Å²) in [5, 5.41) is 2.74.